The molecule has 19 heavy (non-hydrogen) atoms. The molecule has 1 aliphatic rings. The molecule has 1 fully saturated rings. The van der Waals surface area contributed by atoms with Crippen molar-refractivity contribution < 1.29 is 9.47 Å². The quantitative estimate of drug-likeness (QED) is 0.758. The molecule has 0 aromatic heterocycles. The van der Waals surface area contributed by atoms with Crippen molar-refractivity contribution in [2.45, 2.75) is 13.0 Å². The minimum absolute atomic E-state index is 0.599. The Hall–Kier alpha value is -1.26. The lowest BCUT2D eigenvalue weighted by molar-refractivity contribution is 0.146. The highest BCUT2D eigenvalue weighted by Gasteiger charge is 2.20. The lowest BCUT2D eigenvalue weighted by Gasteiger charge is -2.39. The molecule has 0 bridgehead atoms. The van der Waals surface area contributed by atoms with Gasteiger partial charge in [-0.3, -0.25) is 0 Å². The Morgan fingerprint density at radius 1 is 1.16 bits per heavy atom. The topological polar surface area (TPSA) is 24.9 Å². The van der Waals surface area contributed by atoms with Gasteiger partial charge < -0.3 is 19.3 Å². The second-order valence-corrected chi connectivity index (χ2v) is 5.11. The third-order valence-corrected chi connectivity index (χ3v) is 3.72. The van der Waals surface area contributed by atoms with Gasteiger partial charge in [-0.2, -0.15) is 0 Å². The smallest absolute Gasteiger partial charge is 0.119 e. The van der Waals surface area contributed by atoms with E-state index >= 15 is 0 Å². The summed E-state index contributed by atoms with van der Waals surface area (Å²) in [4.78, 5) is 4.84. The van der Waals surface area contributed by atoms with Gasteiger partial charge in [0.15, 0.2) is 0 Å². The Labute approximate surface area is 115 Å². The summed E-state index contributed by atoms with van der Waals surface area (Å²) in [5, 5.41) is 0. The second kappa shape index (κ2) is 6.78. The van der Waals surface area contributed by atoms with E-state index < -0.39 is 0 Å². The van der Waals surface area contributed by atoms with Gasteiger partial charge in [0, 0.05) is 38.5 Å². The number of hydrogen-bond donors (Lipinski definition) is 0. The fraction of sp³-hybridized carbons (Fsp3) is 0.600. The van der Waals surface area contributed by atoms with Gasteiger partial charge in [-0.1, -0.05) is 0 Å². The number of anilines is 1. The maximum absolute atomic E-state index is 5.58. The highest BCUT2D eigenvalue weighted by Crippen LogP contribution is 2.21. The van der Waals surface area contributed by atoms with Crippen molar-refractivity contribution >= 4 is 5.69 Å². The van der Waals surface area contributed by atoms with E-state index in [-0.39, 0.29) is 0 Å². The van der Waals surface area contributed by atoms with E-state index in [9.17, 15) is 0 Å². The molecule has 0 radical (unpaired) electrons. The van der Waals surface area contributed by atoms with E-state index in [0.29, 0.717) is 19.3 Å². The first-order chi connectivity index (χ1) is 9.20. The fourth-order valence-electron chi connectivity index (χ4n) is 2.28. The van der Waals surface area contributed by atoms with Gasteiger partial charge in [0.2, 0.25) is 0 Å². The number of rotatable bonds is 5. The third kappa shape index (κ3) is 3.85. The van der Waals surface area contributed by atoms with Gasteiger partial charge in [0.25, 0.3) is 0 Å². The maximum Gasteiger partial charge on any atom is 0.119 e. The van der Waals surface area contributed by atoms with Gasteiger partial charge in [0.1, 0.15) is 12.4 Å². The van der Waals surface area contributed by atoms with Gasteiger partial charge in [-0.05, 0) is 38.2 Å². The molecule has 4 nitrogen and oxygen atoms in total. The molecule has 1 aromatic rings. The van der Waals surface area contributed by atoms with Crippen molar-refractivity contribution in [3.8, 4) is 5.75 Å². The maximum atomic E-state index is 5.58. The molecule has 106 valence electrons. The third-order valence-electron chi connectivity index (χ3n) is 3.72. The van der Waals surface area contributed by atoms with Crippen molar-refractivity contribution in [2.24, 2.45) is 0 Å². The molecule has 0 saturated carbocycles. The average molecular weight is 264 g/mol. The van der Waals surface area contributed by atoms with Crippen LogP contribution < -0.4 is 9.64 Å². The first-order valence-corrected chi connectivity index (χ1v) is 6.87. The van der Waals surface area contributed by atoms with Crippen LogP contribution in [-0.4, -0.2) is 57.9 Å². The van der Waals surface area contributed by atoms with Crippen molar-refractivity contribution in [2.75, 3.05) is 51.9 Å². The summed E-state index contributed by atoms with van der Waals surface area (Å²) in [5.41, 5.74) is 1.28. The summed E-state index contributed by atoms with van der Waals surface area (Å²) < 4.78 is 10.5. The number of nitrogens with zero attached hydrogens (tertiary/aromatic N) is 2. The van der Waals surface area contributed by atoms with Crippen LogP contribution in [0.5, 0.6) is 5.75 Å². The van der Waals surface area contributed by atoms with Crippen LogP contribution in [0.25, 0.3) is 0 Å². The first-order valence-electron chi connectivity index (χ1n) is 6.87. The zero-order chi connectivity index (χ0) is 13.7. The molecular weight excluding hydrogens is 240 g/mol. The summed E-state index contributed by atoms with van der Waals surface area (Å²) >= 11 is 0. The molecule has 0 spiro atoms. The van der Waals surface area contributed by atoms with E-state index in [4.69, 9.17) is 9.47 Å². The Kier molecular flexibility index (Phi) is 5.05. The van der Waals surface area contributed by atoms with E-state index in [0.717, 1.165) is 25.4 Å². The van der Waals surface area contributed by atoms with Gasteiger partial charge in [0.05, 0.1) is 6.61 Å². The first kappa shape index (κ1) is 14.2. The highest BCUT2D eigenvalue weighted by atomic mass is 16.5. The van der Waals surface area contributed by atoms with Crippen LogP contribution in [0.3, 0.4) is 0 Å². The highest BCUT2D eigenvalue weighted by molar-refractivity contribution is 5.49. The zero-order valence-electron chi connectivity index (χ0n) is 12.1. The SMILES string of the molecule is COCCOc1ccc(N2CCN(C)C(C)C2)cc1. The van der Waals surface area contributed by atoms with Gasteiger partial charge in [-0.15, -0.1) is 0 Å². The summed E-state index contributed by atoms with van der Waals surface area (Å²) in [7, 11) is 3.87. The summed E-state index contributed by atoms with van der Waals surface area (Å²) in [6.07, 6.45) is 0. The van der Waals surface area contributed by atoms with Crippen molar-refractivity contribution in [1.29, 1.82) is 0 Å². The van der Waals surface area contributed by atoms with Crippen LogP contribution >= 0.6 is 0 Å². The molecule has 1 heterocycles. The normalized spacial score (nSPS) is 20.6. The molecule has 2 rings (SSSR count). The zero-order valence-corrected chi connectivity index (χ0v) is 12.1. The van der Waals surface area contributed by atoms with Crippen LogP contribution in [0.4, 0.5) is 5.69 Å². The van der Waals surface area contributed by atoms with Crippen LogP contribution in [0, 0.1) is 0 Å². The minimum Gasteiger partial charge on any atom is -0.491 e. The Morgan fingerprint density at radius 3 is 2.53 bits per heavy atom. The molecule has 0 N–H and O–H groups in total. The molecular formula is C15H24N2O2. The number of methoxy groups -OCH3 is 1. The molecule has 1 aromatic carbocycles. The second-order valence-electron chi connectivity index (χ2n) is 5.11. The standard InChI is InChI=1S/C15H24N2O2/c1-13-12-17(9-8-16(13)2)14-4-6-15(7-5-14)19-11-10-18-3/h4-7,13H,8-12H2,1-3H3. The number of piperazine rings is 1. The lowest BCUT2D eigenvalue weighted by Crippen LogP contribution is -2.50. The molecule has 1 saturated heterocycles. The Bertz CT molecular complexity index is 380. The number of ether oxygens (including phenoxy) is 2. The number of hydrogen-bond acceptors (Lipinski definition) is 4. The molecule has 1 unspecified atom stereocenters. The molecule has 1 aliphatic heterocycles. The Balaban J connectivity index is 1.91. The minimum atomic E-state index is 0.599. The van der Waals surface area contributed by atoms with E-state index in [1.807, 2.05) is 12.1 Å². The van der Waals surface area contributed by atoms with E-state index in [2.05, 4.69) is 35.9 Å². The van der Waals surface area contributed by atoms with Crippen LogP contribution in [-0.2, 0) is 4.74 Å². The molecule has 4 heteroatoms. The Morgan fingerprint density at radius 2 is 1.89 bits per heavy atom. The molecule has 1 atom stereocenters. The van der Waals surface area contributed by atoms with Gasteiger partial charge in [-0.25, -0.2) is 0 Å². The molecule has 0 amide bonds. The van der Waals surface area contributed by atoms with Crippen LogP contribution in [0.15, 0.2) is 24.3 Å². The fourth-order valence-corrected chi connectivity index (χ4v) is 2.28. The summed E-state index contributed by atoms with van der Waals surface area (Å²) in [6.45, 7) is 6.78. The predicted molar refractivity (Wildman–Crippen MR) is 78.1 cm³/mol. The summed E-state index contributed by atoms with van der Waals surface area (Å²) in [5.74, 6) is 0.906. The van der Waals surface area contributed by atoms with Crippen LogP contribution in [0.2, 0.25) is 0 Å². The monoisotopic (exact) mass is 264 g/mol. The largest absolute Gasteiger partial charge is 0.491 e. The van der Waals surface area contributed by atoms with Crippen LogP contribution in [0.1, 0.15) is 6.92 Å². The van der Waals surface area contributed by atoms with Gasteiger partial charge >= 0.3 is 0 Å². The number of likely N-dealkylation sites (N-methyl/N-ethyl adjacent to an activating group) is 1. The van der Waals surface area contributed by atoms with E-state index in [1.165, 1.54) is 5.69 Å². The van der Waals surface area contributed by atoms with E-state index in [1.54, 1.807) is 7.11 Å². The molecule has 0 aliphatic carbocycles. The number of benzene rings is 1. The summed E-state index contributed by atoms with van der Waals surface area (Å²) in [6, 6.07) is 8.95. The van der Waals surface area contributed by atoms with Crippen molar-refractivity contribution in [3.63, 3.8) is 0 Å². The van der Waals surface area contributed by atoms with Crippen molar-refractivity contribution in [1.82, 2.24) is 4.90 Å². The van der Waals surface area contributed by atoms with Crippen molar-refractivity contribution in [3.05, 3.63) is 24.3 Å². The lowest BCUT2D eigenvalue weighted by atomic mass is 10.2. The average Bonchev–Trinajstić information content (AvgIpc) is 2.43. The predicted octanol–water partition coefficient (Wildman–Crippen LogP) is 1.85.